The summed E-state index contributed by atoms with van der Waals surface area (Å²) in [7, 11) is 0. The predicted molar refractivity (Wildman–Crippen MR) is 77.2 cm³/mol. The molecule has 108 valence electrons. The number of hydrogen-bond donors (Lipinski definition) is 2. The van der Waals surface area contributed by atoms with E-state index >= 15 is 0 Å². The van der Waals surface area contributed by atoms with Gasteiger partial charge in [-0.25, -0.2) is 0 Å². The molecule has 0 heterocycles. The van der Waals surface area contributed by atoms with Crippen LogP contribution in [0.15, 0.2) is 11.6 Å². The molecule has 0 bridgehead atoms. The van der Waals surface area contributed by atoms with Crippen molar-refractivity contribution in [1.29, 1.82) is 0 Å². The van der Waals surface area contributed by atoms with Crippen LogP contribution in [0.1, 0.15) is 64.2 Å². The van der Waals surface area contributed by atoms with Crippen LogP contribution < -0.4 is 5.32 Å². The number of carboxylic acids is 1. The first-order valence-electron chi connectivity index (χ1n) is 7.90. The molecule has 0 amide bonds. The summed E-state index contributed by atoms with van der Waals surface area (Å²) in [5.74, 6) is -0.704. The highest BCUT2D eigenvalue weighted by Crippen LogP contribution is 2.25. The Balaban J connectivity index is 1.61. The highest BCUT2D eigenvalue weighted by molar-refractivity contribution is 5.70. The fourth-order valence-electron chi connectivity index (χ4n) is 3.29. The van der Waals surface area contributed by atoms with E-state index in [0.717, 1.165) is 32.2 Å². The van der Waals surface area contributed by atoms with E-state index in [2.05, 4.69) is 11.4 Å². The quantitative estimate of drug-likeness (QED) is 0.748. The van der Waals surface area contributed by atoms with Gasteiger partial charge in [0.2, 0.25) is 0 Å². The van der Waals surface area contributed by atoms with E-state index in [-0.39, 0.29) is 5.92 Å². The van der Waals surface area contributed by atoms with Crippen molar-refractivity contribution >= 4 is 5.97 Å². The number of nitrogens with one attached hydrogen (secondary N) is 1. The molecule has 19 heavy (non-hydrogen) atoms. The maximum Gasteiger partial charge on any atom is 0.306 e. The van der Waals surface area contributed by atoms with Crippen LogP contribution in [0.2, 0.25) is 0 Å². The monoisotopic (exact) mass is 265 g/mol. The normalized spacial score (nSPS) is 28.5. The molecule has 0 spiro atoms. The number of rotatable bonds is 5. The summed E-state index contributed by atoms with van der Waals surface area (Å²) in [6.45, 7) is 1.06. The number of allylic oxidation sites excluding steroid dienone is 1. The van der Waals surface area contributed by atoms with E-state index in [4.69, 9.17) is 5.11 Å². The van der Waals surface area contributed by atoms with Crippen LogP contribution in [-0.2, 0) is 4.79 Å². The van der Waals surface area contributed by atoms with Gasteiger partial charge in [-0.05, 0) is 64.3 Å². The summed E-state index contributed by atoms with van der Waals surface area (Å²) in [4.78, 5) is 10.9. The van der Waals surface area contributed by atoms with Gasteiger partial charge in [-0.15, -0.1) is 0 Å². The van der Waals surface area contributed by atoms with Crippen molar-refractivity contribution in [3.8, 4) is 0 Å². The van der Waals surface area contributed by atoms with E-state index in [1.54, 1.807) is 5.57 Å². The van der Waals surface area contributed by atoms with Crippen LogP contribution in [0.25, 0.3) is 0 Å². The molecule has 1 fully saturated rings. The number of carbonyl (C=O) groups is 1. The molecular weight excluding hydrogens is 238 g/mol. The van der Waals surface area contributed by atoms with Crippen molar-refractivity contribution in [2.75, 3.05) is 6.54 Å². The first-order valence-corrected chi connectivity index (χ1v) is 7.90. The second-order valence-corrected chi connectivity index (χ2v) is 6.05. The zero-order chi connectivity index (χ0) is 13.5. The lowest BCUT2D eigenvalue weighted by atomic mass is 9.86. The van der Waals surface area contributed by atoms with Gasteiger partial charge in [-0.2, -0.15) is 0 Å². The molecule has 0 radical (unpaired) electrons. The van der Waals surface area contributed by atoms with Gasteiger partial charge in [-0.3, -0.25) is 4.79 Å². The van der Waals surface area contributed by atoms with Crippen molar-refractivity contribution in [2.45, 2.75) is 70.3 Å². The van der Waals surface area contributed by atoms with Gasteiger partial charge < -0.3 is 10.4 Å². The van der Waals surface area contributed by atoms with Crippen LogP contribution in [0.3, 0.4) is 0 Å². The van der Waals surface area contributed by atoms with Crippen LogP contribution in [0.4, 0.5) is 0 Å². The Labute approximate surface area is 116 Å². The molecular formula is C16H27NO2. The smallest absolute Gasteiger partial charge is 0.306 e. The summed E-state index contributed by atoms with van der Waals surface area (Å²) in [6, 6.07) is 0.543. The predicted octanol–water partition coefficient (Wildman–Crippen LogP) is 3.50. The Morgan fingerprint density at radius 1 is 1.21 bits per heavy atom. The zero-order valence-corrected chi connectivity index (χ0v) is 11.9. The summed E-state index contributed by atoms with van der Waals surface area (Å²) < 4.78 is 0. The van der Waals surface area contributed by atoms with E-state index in [1.165, 1.54) is 38.5 Å². The summed E-state index contributed by atoms with van der Waals surface area (Å²) >= 11 is 0. The maximum atomic E-state index is 10.9. The third kappa shape index (κ3) is 4.98. The lowest BCUT2D eigenvalue weighted by molar-refractivity contribution is -0.142. The topological polar surface area (TPSA) is 49.3 Å². The molecule has 0 saturated heterocycles. The highest BCUT2D eigenvalue weighted by atomic mass is 16.4. The lowest BCUT2D eigenvalue weighted by Crippen LogP contribution is -2.35. The molecule has 2 rings (SSSR count). The Kier molecular flexibility index (Phi) is 5.90. The Bertz CT molecular complexity index is 317. The van der Waals surface area contributed by atoms with Gasteiger partial charge in [0, 0.05) is 6.04 Å². The van der Waals surface area contributed by atoms with E-state index < -0.39 is 5.97 Å². The molecule has 2 aliphatic rings. The largest absolute Gasteiger partial charge is 0.481 e. The van der Waals surface area contributed by atoms with Crippen molar-refractivity contribution < 1.29 is 9.90 Å². The standard InChI is InChI=1S/C16H27NO2/c18-16(19)14-7-9-15(10-8-14)17-12-11-13-5-3-1-2-4-6-13/h5,14-15,17H,1-4,6-12H2,(H,18,19). The average molecular weight is 265 g/mol. The first kappa shape index (κ1) is 14.6. The van der Waals surface area contributed by atoms with E-state index in [9.17, 15) is 4.79 Å². The Morgan fingerprint density at radius 3 is 2.74 bits per heavy atom. The molecule has 0 unspecified atom stereocenters. The Morgan fingerprint density at radius 2 is 2.00 bits per heavy atom. The van der Waals surface area contributed by atoms with Crippen LogP contribution in [-0.4, -0.2) is 23.7 Å². The minimum Gasteiger partial charge on any atom is -0.481 e. The second kappa shape index (κ2) is 7.68. The zero-order valence-electron chi connectivity index (χ0n) is 11.9. The highest BCUT2D eigenvalue weighted by Gasteiger charge is 2.25. The number of aliphatic carboxylic acids is 1. The third-order valence-corrected chi connectivity index (χ3v) is 4.59. The number of carboxylic acid groups (broad SMARTS) is 1. The minimum absolute atomic E-state index is 0.0948. The van der Waals surface area contributed by atoms with Gasteiger partial charge in [0.1, 0.15) is 0 Å². The molecule has 2 N–H and O–H groups in total. The van der Waals surface area contributed by atoms with Gasteiger partial charge in [0.05, 0.1) is 5.92 Å². The molecule has 0 aromatic heterocycles. The van der Waals surface area contributed by atoms with Crippen molar-refractivity contribution in [1.82, 2.24) is 5.32 Å². The summed E-state index contributed by atoms with van der Waals surface area (Å²) in [6.07, 6.45) is 14.0. The average Bonchev–Trinajstić information content (AvgIpc) is 2.68. The lowest BCUT2D eigenvalue weighted by Gasteiger charge is -2.27. The SMILES string of the molecule is O=C(O)C1CCC(NCCC2=CCCCCC2)CC1. The summed E-state index contributed by atoms with van der Waals surface area (Å²) in [5.41, 5.74) is 1.63. The van der Waals surface area contributed by atoms with Crippen molar-refractivity contribution in [3.05, 3.63) is 11.6 Å². The van der Waals surface area contributed by atoms with Gasteiger partial charge >= 0.3 is 5.97 Å². The first-order chi connectivity index (χ1) is 9.25. The molecule has 0 aliphatic heterocycles. The number of hydrogen-bond acceptors (Lipinski definition) is 2. The molecule has 3 nitrogen and oxygen atoms in total. The maximum absolute atomic E-state index is 10.9. The van der Waals surface area contributed by atoms with Crippen LogP contribution in [0.5, 0.6) is 0 Å². The molecule has 0 atom stereocenters. The van der Waals surface area contributed by atoms with Gasteiger partial charge in [-0.1, -0.05) is 18.1 Å². The summed E-state index contributed by atoms with van der Waals surface area (Å²) in [5, 5.41) is 12.6. The fourth-order valence-corrected chi connectivity index (χ4v) is 3.29. The minimum atomic E-state index is -0.609. The fraction of sp³-hybridized carbons (Fsp3) is 0.812. The van der Waals surface area contributed by atoms with Crippen LogP contribution in [0, 0.1) is 5.92 Å². The van der Waals surface area contributed by atoms with Gasteiger partial charge in [0.15, 0.2) is 0 Å². The van der Waals surface area contributed by atoms with Crippen molar-refractivity contribution in [3.63, 3.8) is 0 Å². The third-order valence-electron chi connectivity index (χ3n) is 4.59. The molecule has 0 aromatic rings. The van der Waals surface area contributed by atoms with Crippen LogP contribution >= 0.6 is 0 Å². The molecule has 0 aromatic carbocycles. The van der Waals surface area contributed by atoms with Gasteiger partial charge in [0.25, 0.3) is 0 Å². The Hall–Kier alpha value is -0.830. The van der Waals surface area contributed by atoms with E-state index in [1.807, 2.05) is 0 Å². The second-order valence-electron chi connectivity index (χ2n) is 6.05. The molecule has 2 aliphatic carbocycles. The molecule has 3 heteroatoms. The van der Waals surface area contributed by atoms with Crippen molar-refractivity contribution in [2.24, 2.45) is 5.92 Å². The molecule has 1 saturated carbocycles. The van der Waals surface area contributed by atoms with E-state index in [0.29, 0.717) is 6.04 Å².